The quantitative estimate of drug-likeness (QED) is 0.762. The Hall–Kier alpha value is -1.50. The molecule has 92 valence electrons. The van der Waals surface area contributed by atoms with Gasteiger partial charge in [0.2, 0.25) is 5.91 Å². The highest BCUT2D eigenvalue weighted by molar-refractivity contribution is 7.99. The second kappa shape index (κ2) is 4.79. The monoisotopic (exact) mass is 255 g/mol. The van der Waals surface area contributed by atoms with E-state index < -0.39 is 5.97 Å². The second-order valence-electron chi connectivity index (χ2n) is 3.92. The molecule has 0 radical (unpaired) electrons. The van der Waals surface area contributed by atoms with Crippen molar-refractivity contribution in [3.63, 3.8) is 0 Å². The lowest BCUT2D eigenvalue weighted by Crippen LogP contribution is -2.15. The summed E-state index contributed by atoms with van der Waals surface area (Å²) in [4.78, 5) is 26.0. The summed E-state index contributed by atoms with van der Waals surface area (Å²) < 4.78 is 1.89. The number of imidazole rings is 1. The van der Waals surface area contributed by atoms with Gasteiger partial charge in [-0.05, 0) is 6.92 Å². The van der Waals surface area contributed by atoms with Crippen LogP contribution in [0.4, 0.5) is 0 Å². The standard InChI is InChI=1S/C10H13N3O3S/c1-6-4-13(7-2-8(14)11-3-7)10(12-6)17-5-9(15)16/h4,7H,2-3,5H2,1H3,(H,11,14)(H,15,16). The van der Waals surface area contributed by atoms with Gasteiger partial charge in [-0.25, -0.2) is 4.98 Å². The van der Waals surface area contributed by atoms with Crippen molar-refractivity contribution in [1.82, 2.24) is 14.9 Å². The van der Waals surface area contributed by atoms with Gasteiger partial charge in [0.05, 0.1) is 17.5 Å². The van der Waals surface area contributed by atoms with Crippen molar-refractivity contribution in [3.05, 3.63) is 11.9 Å². The number of nitrogens with zero attached hydrogens (tertiary/aromatic N) is 2. The minimum Gasteiger partial charge on any atom is -0.481 e. The van der Waals surface area contributed by atoms with E-state index in [1.165, 1.54) is 11.8 Å². The van der Waals surface area contributed by atoms with Gasteiger partial charge < -0.3 is 15.0 Å². The smallest absolute Gasteiger partial charge is 0.313 e. The van der Waals surface area contributed by atoms with E-state index in [2.05, 4.69) is 10.3 Å². The number of amides is 1. The van der Waals surface area contributed by atoms with Crippen LogP contribution in [-0.4, -0.2) is 38.8 Å². The molecule has 0 aromatic carbocycles. The lowest BCUT2D eigenvalue weighted by atomic mass is 10.2. The third-order valence-corrected chi connectivity index (χ3v) is 3.44. The number of hydrogen-bond acceptors (Lipinski definition) is 4. The minimum atomic E-state index is -0.872. The number of carbonyl (C=O) groups excluding carboxylic acids is 1. The van der Waals surface area contributed by atoms with Crippen LogP contribution in [0.1, 0.15) is 18.2 Å². The van der Waals surface area contributed by atoms with Gasteiger partial charge in [0.25, 0.3) is 0 Å². The Morgan fingerprint density at radius 1 is 1.76 bits per heavy atom. The molecule has 1 saturated heterocycles. The zero-order chi connectivity index (χ0) is 12.4. The highest BCUT2D eigenvalue weighted by Gasteiger charge is 2.25. The van der Waals surface area contributed by atoms with E-state index in [9.17, 15) is 9.59 Å². The summed E-state index contributed by atoms with van der Waals surface area (Å²) in [5, 5.41) is 12.1. The number of aliphatic carboxylic acids is 1. The van der Waals surface area contributed by atoms with Crippen molar-refractivity contribution in [2.45, 2.75) is 24.5 Å². The number of aryl methyl sites for hydroxylation is 1. The number of nitrogens with one attached hydrogen (secondary N) is 1. The molecule has 0 saturated carbocycles. The van der Waals surface area contributed by atoms with Crippen molar-refractivity contribution in [3.8, 4) is 0 Å². The Morgan fingerprint density at radius 2 is 2.53 bits per heavy atom. The first-order valence-electron chi connectivity index (χ1n) is 5.23. The molecule has 1 aromatic heterocycles. The molecule has 17 heavy (non-hydrogen) atoms. The summed E-state index contributed by atoms with van der Waals surface area (Å²) in [6.45, 7) is 2.43. The molecule has 2 N–H and O–H groups in total. The number of rotatable bonds is 4. The molecular formula is C10H13N3O3S. The number of carboxylic acids is 1. The number of carboxylic acid groups (broad SMARTS) is 1. The molecule has 2 rings (SSSR count). The van der Waals surface area contributed by atoms with Crippen LogP contribution in [0.3, 0.4) is 0 Å². The third kappa shape index (κ3) is 2.79. The summed E-state index contributed by atoms with van der Waals surface area (Å²) in [5.41, 5.74) is 0.831. The van der Waals surface area contributed by atoms with E-state index in [4.69, 9.17) is 5.11 Å². The second-order valence-corrected chi connectivity index (χ2v) is 4.86. The molecule has 0 aliphatic carbocycles. The van der Waals surface area contributed by atoms with Crippen molar-refractivity contribution < 1.29 is 14.7 Å². The fraction of sp³-hybridized carbons (Fsp3) is 0.500. The van der Waals surface area contributed by atoms with Crippen molar-refractivity contribution in [2.75, 3.05) is 12.3 Å². The molecule has 1 unspecified atom stereocenters. The lowest BCUT2D eigenvalue weighted by molar-refractivity contribution is -0.134. The van der Waals surface area contributed by atoms with Crippen LogP contribution < -0.4 is 5.32 Å². The zero-order valence-electron chi connectivity index (χ0n) is 9.34. The molecule has 0 bridgehead atoms. The average molecular weight is 255 g/mol. The van der Waals surface area contributed by atoms with Crippen LogP contribution in [0.2, 0.25) is 0 Å². The Kier molecular flexibility index (Phi) is 3.37. The molecule has 2 heterocycles. The van der Waals surface area contributed by atoms with E-state index in [1.807, 2.05) is 17.7 Å². The maximum Gasteiger partial charge on any atom is 0.313 e. The number of hydrogen-bond donors (Lipinski definition) is 2. The summed E-state index contributed by atoms with van der Waals surface area (Å²) in [5.74, 6) is -0.872. The molecule has 0 spiro atoms. The van der Waals surface area contributed by atoms with E-state index >= 15 is 0 Å². The summed E-state index contributed by atoms with van der Waals surface area (Å²) in [6.07, 6.45) is 2.28. The van der Waals surface area contributed by atoms with E-state index in [1.54, 1.807) is 0 Å². The number of carbonyl (C=O) groups is 2. The minimum absolute atomic E-state index is 0.0233. The molecule has 1 atom stereocenters. The average Bonchev–Trinajstić information content (AvgIpc) is 2.81. The van der Waals surface area contributed by atoms with Crippen molar-refractivity contribution in [1.29, 1.82) is 0 Å². The van der Waals surface area contributed by atoms with Crippen LogP contribution in [-0.2, 0) is 9.59 Å². The van der Waals surface area contributed by atoms with E-state index in [0.717, 1.165) is 5.69 Å². The van der Waals surface area contributed by atoms with Gasteiger partial charge >= 0.3 is 5.97 Å². The maximum atomic E-state index is 11.2. The Balaban J connectivity index is 2.15. The zero-order valence-corrected chi connectivity index (χ0v) is 10.2. The number of thioether (sulfide) groups is 1. The van der Waals surface area contributed by atoms with Gasteiger partial charge in [0.15, 0.2) is 5.16 Å². The molecule has 1 aromatic rings. The largest absolute Gasteiger partial charge is 0.481 e. The first-order valence-corrected chi connectivity index (χ1v) is 6.21. The van der Waals surface area contributed by atoms with Crippen LogP contribution in [0.5, 0.6) is 0 Å². The molecular weight excluding hydrogens is 242 g/mol. The fourth-order valence-electron chi connectivity index (χ4n) is 1.78. The maximum absolute atomic E-state index is 11.2. The predicted octanol–water partition coefficient (Wildman–Crippen LogP) is 0.429. The molecule has 1 aliphatic heterocycles. The van der Waals surface area contributed by atoms with Gasteiger partial charge in [-0.2, -0.15) is 0 Å². The van der Waals surface area contributed by atoms with Gasteiger partial charge in [-0.1, -0.05) is 11.8 Å². The van der Waals surface area contributed by atoms with Crippen LogP contribution in [0.15, 0.2) is 11.4 Å². The third-order valence-electron chi connectivity index (χ3n) is 2.49. The van der Waals surface area contributed by atoms with Crippen LogP contribution >= 0.6 is 11.8 Å². The Morgan fingerprint density at radius 3 is 3.12 bits per heavy atom. The highest BCUT2D eigenvalue weighted by atomic mass is 32.2. The summed E-state index contributed by atoms with van der Waals surface area (Å²) in [7, 11) is 0. The molecule has 1 fully saturated rings. The lowest BCUT2D eigenvalue weighted by Gasteiger charge is -2.11. The van der Waals surface area contributed by atoms with Gasteiger partial charge in [0.1, 0.15) is 0 Å². The SMILES string of the molecule is Cc1cn(C2CNC(=O)C2)c(SCC(=O)O)n1. The summed E-state index contributed by atoms with van der Waals surface area (Å²) in [6, 6.07) is 0.0417. The summed E-state index contributed by atoms with van der Waals surface area (Å²) >= 11 is 1.18. The van der Waals surface area contributed by atoms with Gasteiger partial charge in [0, 0.05) is 19.2 Å². The Labute approximate surface area is 102 Å². The van der Waals surface area contributed by atoms with E-state index in [-0.39, 0.29) is 17.7 Å². The van der Waals surface area contributed by atoms with E-state index in [0.29, 0.717) is 18.1 Å². The van der Waals surface area contributed by atoms with Crippen molar-refractivity contribution >= 4 is 23.6 Å². The van der Waals surface area contributed by atoms with Crippen LogP contribution in [0.25, 0.3) is 0 Å². The molecule has 1 aliphatic rings. The van der Waals surface area contributed by atoms with Crippen LogP contribution in [0, 0.1) is 6.92 Å². The molecule has 1 amide bonds. The normalized spacial score (nSPS) is 19.4. The number of aromatic nitrogens is 2. The van der Waals surface area contributed by atoms with Crippen molar-refractivity contribution in [2.24, 2.45) is 0 Å². The van der Waals surface area contributed by atoms with Gasteiger partial charge in [-0.3, -0.25) is 9.59 Å². The Bertz CT molecular complexity index is 458. The topological polar surface area (TPSA) is 84.2 Å². The first-order chi connectivity index (χ1) is 8.06. The highest BCUT2D eigenvalue weighted by Crippen LogP contribution is 2.25. The molecule has 6 nitrogen and oxygen atoms in total. The fourth-order valence-corrected chi connectivity index (χ4v) is 2.59. The van der Waals surface area contributed by atoms with Gasteiger partial charge in [-0.15, -0.1) is 0 Å². The first kappa shape index (κ1) is 12.0. The predicted molar refractivity (Wildman–Crippen MR) is 62.0 cm³/mol. The molecule has 7 heteroatoms.